The molecule has 0 aliphatic carbocycles. The molecule has 3 heterocycles. The summed E-state index contributed by atoms with van der Waals surface area (Å²) >= 11 is 12.1. The molecule has 23 heavy (non-hydrogen) atoms. The predicted molar refractivity (Wildman–Crippen MR) is 89.4 cm³/mol. The SMILES string of the molecule is O=C(c1nc2cccnc2n1-c1ccc(Cl)c(Cl)c1)N1CCC1. The number of amides is 1. The third kappa shape index (κ3) is 2.36. The van der Waals surface area contributed by atoms with E-state index in [0.717, 1.165) is 19.5 Å². The van der Waals surface area contributed by atoms with Gasteiger partial charge >= 0.3 is 0 Å². The Morgan fingerprint density at radius 3 is 2.65 bits per heavy atom. The number of imidazole rings is 1. The smallest absolute Gasteiger partial charge is 0.290 e. The van der Waals surface area contributed by atoms with Crippen molar-refractivity contribution >= 4 is 40.3 Å². The number of aromatic nitrogens is 3. The van der Waals surface area contributed by atoms with Gasteiger partial charge in [0.2, 0.25) is 5.82 Å². The number of benzene rings is 1. The Balaban J connectivity index is 1.95. The molecule has 0 bridgehead atoms. The van der Waals surface area contributed by atoms with Crippen molar-refractivity contribution in [3.63, 3.8) is 0 Å². The highest BCUT2D eigenvalue weighted by atomic mass is 35.5. The van der Waals surface area contributed by atoms with Crippen LogP contribution in [0.2, 0.25) is 10.0 Å². The quantitative estimate of drug-likeness (QED) is 0.712. The second-order valence-corrected chi connectivity index (χ2v) is 6.18. The first-order valence-corrected chi connectivity index (χ1v) is 7.99. The third-order valence-electron chi connectivity index (χ3n) is 3.91. The minimum absolute atomic E-state index is 0.0969. The molecule has 0 atom stereocenters. The molecule has 5 nitrogen and oxygen atoms in total. The first kappa shape index (κ1) is 14.5. The van der Waals surface area contributed by atoms with Crippen LogP contribution in [0.5, 0.6) is 0 Å². The van der Waals surface area contributed by atoms with Crippen LogP contribution in [0.1, 0.15) is 17.0 Å². The van der Waals surface area contributed by atoms with Gasteiger partial charge in [0.1, 0.15) is 5.52 Å². The minimum Gasteiger partial charge on any atom is -0.336 e. The minimum atomic E-state index is -0.0969. The van der Waals surface area contributed by atoms with E-state index in [4.69, 9.17) is 23.2 Å². The normalized spacial score (nSPS) is 14.1. The molecule has 3 aromatic rings. The molecular weight excluding hydrogens is 335 g/mol. The van der Waals surface area contributed by atoms with Crippen LogP contribution >= 0.6 is 23.2 Å². The molecule has 0 unspecified atom stereocenters. The standard InChI is InChI=1S/C16H12Cl2N4O/c17-11-5-4-10(9-12(11)18)22-14-13(3-1-6-19-14)20-15(22)16(23)21-7-2-8-21/h1,3-6,9H,2,7-8H2. The van der Waals surface area contributed by atoms with Crippen molar-refractivity contribution in [3.05, 3.63) is 52.4 Å². The van der Waals surface area contributed by atoms with Crippen molar-refractivity contribution in [3.8, 4) is 5.69 Å². The summed E-state index contributed by atoms with van der Waals surface area (Å²) in [5, 5.41) is 0.882. The van der Waals surface area contributed by atoms with E-state index in [-0.39, 0.29) is 5.91 Å². The van der Waals surface area contributed by atoms with Gasteiger partial charge in [0.05, 0.1) is 15.7 Å². The number of carbonyl (C=O) groups excluding carboxylic acids is 1. The monoisotopic (exact) mass is 346 g/mol. The van der Waals surface area contributed by atoms with Crippen LogP contribution < -0.4 is 0 Å². The van der Waals surface area contributed by atoms with E-state index in [0.29, 0.717) is 32.7 Å². The Hall–Kier alpha value is -2.11. The van der Waals surface area contributed by atoms with Gasteiger partial charge in [0, 0.05) is 19.3 Å². The Morgan fingerprint density at radius 2 is 1.96 bits per heavy atom. The molecule has 1 aromatic carbocycles. The first-order valence-electron chi connectivity index (χ1n) is 7.23. The zero-order valence-corrected chi connectivity index (χ0v) is 13.6. The molecular formula is C16H12Cl2N4O. The fourth-order valence-electron chi connectivity index (χ4n) is 2.59. The van der Waals surface area contributed by atoms with Gasteiger partial charge in [-0.15, -0.1) is 0 Å². The number of halogens is 2. The van der Waals surface area contributed by atoms with Gasteiger partial charge in [0.25, 0.3) is 5.91 Å². The van der Waals surface area contributed by atoms with Gasteiger partial charge in [-0.2, -0.15) is 0 Å². The lowest BCUT2D eigenvalue weighted by Gasteiger charge is -2.30. The summed E-state index contributed by atoms with van der Waals surface area (Å²) < 4.78 is 1.73. The van der Waals surface area contributed by atoms with E-state index < -0.39 is 0 Å². The average Bonchev–Trinajstić information content (AvgIpc) is 2.88. The molecule has 1 amide bonds. The Labute approximate surface area is 142 Å². The first-order chi connectivity index (χ1) is 11.1. The molecule has 116 valence electrons. The van der Waals surface area contributed by atoms with E-state index >= 15 is 0 Å². The van der Waals surface area contributed by atoms with E-state index in [1.54, 1.807) is 39.9 Å². The van der Waals surface area contributed by atoms with E-state index in [1.165, 1.54) is 0 Å². The van der Waals surface area contributed by atoms with Crippen molar-refractivity contribution in [1.29, 1.82) is 0 Å². The predicted octanol–water partition coefficient (Wildman–Crippen LogP) is 3.57. The van der Waals surface area contributed by atoms with Crippen LogP contribution in [0.3, 0.4) is 0 Å². The van der Waals surface area contributed by atoms with Crippen molar-refractivity contribution in [2.24, 2.45) is 0 Å². The average molecular weight is 347 g/mol. The molecule has 7 heteroatoms. The van der Waals surface area contributed by atoms with Gasteiger partial charge in [-0.25, -0.2) is 9.97 Å². The van der Waals surface area contributed by atoms with Crippen LogP contribution in [0, 0.1) is 0 Å². The molecule has 1 aliphatic heterocycles. The van der Waals surface area contributed by atoms with Crippen LogP contribution in [-0.2, 0) is 0 Å². The van der Waals surface area contributed by atoms with Gasteiger partial charge in [-0.05, 0) is 36.8 Å². The summed E-state index contributed by atoms with van der Waals surface area (Å²) in [6.45, 7) is 1.52. The summed E-state index contributed by atoms with van der Waals surface area (Å²) in [5.74, 6) is 0.247. The van der Waals surface area contributed by atoms with Crippen molar-refractivity contribution in [2.45, 2.75) is 6.42 Å². The van der Waals surface area contributed by atoms with Gasteiger partial charge < -0.3 is 4.90 Å². The number of hydrogen-bond donors (Lipinski definition) is 0. The molecule has 2 aromatic heterocycles. The lowest BCUT2D eigenvalue weighted by molar-refractivity contribution is 0.0637. The summed E-state index contributed by atoms with van der Waals surface area (Å²) in [5.41, 5.74) is 2.00. The number of likely N-dealkylation sites (tertiary alicyclic amines) is 1. The second kappa shape index (κ2) is 5.51. The van der Waals surface area contributed by atoms with Crippen LogP contribution in [0.25, 0.3) is 16.9 Å². The van der Waals surface area contributed by atoms with Crippen LogP contribution in [0.15, 0.2) is 36.5 Å². The number of hydrogen-bond acceptors (Lipinski definition) is 3. The summed E-state index contributed by atoms with van der Waals surface area (Å²) in [6.07, 6.45) is 2.70. The van der Waals surface area contributed by atoms with E-state index in [9.17, 15) is 4.79 Å². The fraction of sp³-hybridized carbons (Fsp3) is 0.188. The number of carbonyl (C=O) groups is 1. The third-order valence-corrected chi connectivity index (χ3v) is 4.65. The Kier molecular flexibility index (Phi) is 3.47. The Morgan fingerprint density at radius 1 is 1.13 bits per heavy atom. The number of fused-ring (bicyclic) bond motifs is 1. The number of nitrogens with zero attached hydrogens (tertiary/aromatic N) is 4. The van der Waals surface area contributed by atoms with Crippen LogP contribution in [0.4, 0.5) is 0 Å². The van der Waals surface area contributed by atoms with Gasteiger partial charge in [-0.1, -0.05) is 23.2 Å². The number of pyridine rings is 1. The highest BCUT2D eigenvalue weighted by molar-refractivity contribution is 6.42. The highest BCUT2D eigenvalue weighted by Gasteiger charge is 2.27. The van der Waals surface area contributed by atoms with E-state index in [1.807, 2.05) is 6.07 Å². The summed E-state index contributed by atoms with van der Waals surface area (Å²) in [6, 6.07) is 8.85. The van der Waals surface area contributed by atoms with Crippen molar-refractivity contribution in [2.75, 3.05) is 13.1 Å². The maximum atomic E-state index is 12.7. The van der Waals surface area contributed by atoms with Crippen LogP contribution in [-0.4, -0.2) is 38.4 Å². The molecule has 1 aliphatic rings. The number of rotatable bonds is 2. The molecule has 0 saturated carbocycles. The zero-order chi connectivity index (χ0) is 16.0. The molecule has 0 spiro atoms. The Bertz CT molecular complexity index is 918. The lowest BCUT2D eigenvalue weighted by atomic mass is 10.2. The second-order valence-electron chi connectivity index (χ2n) is 5.36. The van der Waals surface area contributed by atoms with Gasteiger partial charge in [0.15, 0.2) is 5.65 Å². The summed E-state index contributed by atoms with van der Waals surface area (Å²) in [4.78, 5) is 23.3. The zero-order valence-electron chi connectivity index (χ0n) is 12.0. The lowest BCUT2D eigenvalue weighted by Crippen LogP contribution is -2.43. The summed E-state index contributed by atoms with van der Waals surface area (Å²) in [7, 11) is 0. The molecule has 0 radical (unpaired) electrons. The molecule has 0 N–H and O–H groups in total. The maximum absolute atomic E-state index is 12.7. The molecule has 1 saturated heterocycles. The maximum Gasteiger partial charge on any atom is 0.290 e. The fourth-order valence-corrected chi connectivity index (χ4v) is 2.88. The molecule has 4 rings (SSSR count). The largest absolute Gasteiger partial charge is 0.336 e. The topological polar surface area (TPSA) is 51.0 Å². The molecule has 1 fully saturated rings. The highest BCUT2D eigenvalue weighted by Crippen LogP contribution is 2.28. The van der Waals surface area contributed by atoms with Crippen molar-refractivity contribution in [1.82, 2.24) is 19.4 Å². The van der Waals surface area contributed by atoms with E-state index in [2.05, 4.69) is 9.97 Å². The van der Waals surface area contributed by atoms with Gasteiger partial charge in [-0.3, -0.25) is 9.36 Å². The van der Waals surface area contributed by atoms with Crippen molar-refractivity contribution < 1.29 is 4.79 Å².